The molecule has 0 saturated carbocycles. The van der Waals surface area contributed by atoms with E-state index in [9.17, 15) is 22.4 Å². The van der Waals surface area contributed by atoms with Crippen molar-refractivity contribution in [3.05, 3.63) is 71.1 Å². The number of aromatic nitrogens is 2. The smallest absolute Gasteiger partial charge is 0.384 e. The van der Waals surface area contributed by atoms with E-state index in [2.05, 4.69) is 32.0 Å². The van der Waals surface area contributed by atoms with Gasteiger partial charge in [-0.3, -0.25) is 9.78 Å². The number of methoxy groups -OCH3 is 1. The molecule has 0 radical (unpaired) electrons. The Morgan fingerprint density at radius 3 is 2.67 bits per heavy atom. The molecular formula is C28H26F4N4O3. The number of amides is 1. The number of alkyl halides is 3. The SMILES string of the molecule is COCCC#Cc1ncc(-c2cc(NC(=O)c3ccnc(C(F)(F)F)c3)c(F)cc2C)cc1N1CCOCC1. The minimum absolute atomic E-state index is 0.178. The molecule has 0 aliphatic carbocycles. The number of rotatable bonds is 6. The number of ether oxygens (including phenoxy) is 2. The third-order valence-electron chi connectivity index (χ3n) is 6.04. The first-order valence-electron chi connectivity index (χ1n) is 12.1. The zero-order chi connectivity index (χ0) is 28.0. The Bertz CT molecular complexity index is 1410. The first kappa shape index (κ1) is 28.0. The van der Waals surface area contributed by atoms with E-state index < -0.39 is 23.6 Å². The van der Waals surface area contributed by atoms with Gasteiger partial charge in [0, 0.05) is 50.1 Å². The van der Waals surface area contributed by atoms with Gasteiger partial charge in [0.1, 0.15) is 17.2 Å². The molecule has 3 aromatic rings. The standard InChI is InChI=1S/C28H26F4N4O3/c1-18-13-22(29)24(35-27(37)19-6-7-33-26(15-19)28(30,31)32)16-21(18)20-14-25(36-8-11-39-12-9-36)23(34-17-20)5-3-4-10-38-2/h6-7,13-17H,4,8-12H2,1-2H3,(H,35,37). The molecule has 3 heterocycles. The number of benzene rings is 1. The van der Waals surface area contributed by atoms with E-state index in [0.717, 1.165) is 18.0 Å². The summed E-state index contributed by atoms with van der Waals surface area (Å²) < 4.78 is 64.4. The van der Waals surface area contributed by atoms with Gasteiger partial charge in [0.05, 0.1) is 31.2 Å². The number of pyridine rings is 2. The molecule has 1 aliphatic rings. The Morgan fingerprint density at radius 1 is 1.18 bits per heavy atom. The minimum atomic E-state index is -4.72. The molecule has 0 spiro atoms. The first-order chi connectivity index (χ1) is 18.7. The molecule has 39 heavy (non-hydrogen) atoms. The quantitative estimate of drug-likeness (QED) is 0.266. The summed E-state index contributed by atoms with van der Waals surface area (Å²) in [6, 6.07) is 6.35. The summed E-state index contributed by atoms with van der Waals surface area (Å²) in [6.07, 6.45) is -1.67. The van der Waals surface area contributed by atoms with E-state index in [-0.39, 0.29) is 11.3 Å². The normalized spacial score (nSPS) is 13.5. The average Bonchev–Trinajstić information content (AvgIpc) is 2.93. The topological polar surface area (TPSA) is 76.6 Å². The highest BCUT2D eigenvalue weighted by atomic mass is 19.4. The maximum atomic E-state index is 14.9. The molecular weight excluding hydrogens is 516 g/mol. The van der Waals surface area contributed by atoms with Crippen LogP contribution in [0.3, 0.4) is 0 Å². The van der Waals surface area contributed by atoms with Crippen LogP contribution in [0.2, 0.25) is 0 Å². The van der Waals surface area contributed by atoms with Gasteiger partial charge in [-0.2, -0.15) is 13.2 Å². The number of aryl methyl sites for hydroxylation is 1. The van der Waals surface area contributed by atoms with Crippen LogP contribution in [0.1, 0.15) is 33.7 Å². The number of nitrogens with zero attached hydrogens (tertiary/aromatic N) is 3. The van der Waals surface area contributed by atoms with Gasteiger partial charge in [0.15, 0.2) is 0 Å². The molecule has 1 N–H and O–H groups in total. The number of morpholine rings is 1. The van der Waals surface area contributed by atoms with Crippen molar-refractivity contribution in [3.63, 3.8) is 0 Å². The van der Waals surface area contributed by atoms with Crippen LogP contribution in [0.4, 0.5) is 28.9 Å². The fourth-order valence-electron chi connectivity index (χ4n) is 4.04. The number of hydrogen-bond acceptors (Lipinski definition) is 6. The summed E-state index contributed by atoms with van der Waals surface area (Å²) >= 11 is 0. The van der Waals surface area contributed by atoms with Gasteiger partial charge in [-0.25, -0.2) is 9.37 Å². The summed E-state index contributed by atoms with van der Waals surface area (Å²) in [5, 5.41) is 2.38. The van der Waals surface area contributed by atoms with Crippen molar-refractivity contribution >= 4 is 17.3 Å². The van der Waals surface area contributed by atoms with Crippen molar-refractivity contribution in [2.75, 3.05) is 50.2 Å². The molecule has 1 aliphatic heterocycles. The summed E-state index contributed by atoms with van der Waals surface area (Å²) in [5.41, 5.74) is 1.53. The molecule has 1 amide bonds. The van der Waals surface area contributed by atoms with Gasteiger partial charge in [0.2, 0.25) is 0 Å². The van der Waals surface area contributed by atoms with Crippen molar-refractivity contribution < 1.29 is 31.8 Å². The van der Waals surface area contributed by atoms with E-state index >= 15 is 0 Å². The Morgan fingerprint density at radius 2 is 1.95 bits per heavy atom. The molecule has 0 bridgehead atoms. The fraction of sp³-hybridized carbons (Fsp3) is 0.321. The van der Waals surface area contributed by atoms with Gasteiger partial charge >= 0.3 is 6.18 Å². The third-order valence-corrected chi connectivity index (χ3v) is 6.04. The lowest BCUT2D eigenvalue weighted by atomic mass is 9.99. The third kappa shape index (κ3) is 6.90. The van der Waals surface area contributed by atoms with Crippen LogP contribution in [0.25, 0.3) is 11.1 Å². The highest BCUT2D eigenvalue weighted by Crippen LogP contribution is 2.33. The monoisotopic (exact) mass is 542 g/mol. The van der Waals surface area contributed by atoms with Crippen LogP contribution < -0.4 is 10.2 Å². The molecule has 2 aromatic heterocycles. The largest absolute Gasteiger partial charge is 0.433 e. The van der Waals surface area contributed by atoms with Crippen molar-refractivity contribution in [2.24, 2.45) is 0 Å². The lowest BCUT2D eigenvalue weighted by Gasteiger charge is -2.29. The molecule has 0 atom stereocenters. The Labute approximate surface area is 223 Å². The van der Waals surface area contributed by atoms with Crippen LogP contribution in [0.5, 0.6) is 0 Å². The second-order valence-electron chi connectivity index (χ2n) is 8.76. The summed E-state index contributed by atoms with van der Waals surface area (Å²) in [6.45, 7) is 4.61. The molecule has 204 valence electrons. The predicted octanol–water partition coefficient (Wildman–Crippen LogP) is 5.09. The number of halogens is 4. The van der Waals surface area contributed by atoms with Gasteiger partial charge in [0.25, 0.3) is 5.91 Å². The van der Waals surface area contributed by atoms with Gasteiger partial charge in [-0.05, 0) is 54.3 Å². The van der Waals surface area contributed by atoms with Gasteiger partial charge in [-0.1, -0.05) is 5.92 Å². The van der Waals surface area contributed by atoms with Crippen LogP contribution in [-0.4, -0.2) is 55.9 Å². The lowest BCUT2D eigenvalue weighted by molar-refractivity contribution is -0.141. The summed E-state index contributed by atoms with van der Waals surface area (Å²) in [4.78, 5) is 22.6. The lowest BCUT2D eigenvalue weighted by Crippen LogP contribution is -2.36. The molecule has 7 nitrogen and oxygen atoms in total. The van der Waals surface area contributed by atoms with Crippen LogP contribution in [0.15, 0.2) is 42.7 Å². The van der Waals surface area contributed by atoms with Gasteiger partial charge < -0.3 is 19.7 Å². The molecule has 0 unspecified atom stereocenters. The fourth-order valence-corrected chi connectivity index (χ4v) is 4.04. The highest BCUT2D eigenvalue weighted by Gasteiger charge is 2.33. The van der Waals surface area contributed by atoms with Crippen molar-refractivity contribution in [1.82, 2.24) is 9.97 Å². The number of hydrogen-bond donors (Lipinski definition) is 1. The molecule has 11 heteroatoms. The van der Waals surface area contributed by atoms with Crippen LogP contribution in [0, 0.1) is 24.6 Å². The number of carbonyl (C=O) groups excluding carboxylic acids is 1. The summed E-state index contributed by atoms with van der Waals surface area (Å²) in [5.74, 6) is 4.52. The van der Waals surface area contributed by atoms with Crippen molar-refractivity contribution in [3.8, 4) is 23.0 Å². The molecule has 1 fully saturated rings. The second-order valence-corrected chi connectivity index (χ2v) is 8.76. The summed E-state index contributed by atoms with van der Waals surface area (Å²) in [7, 11) is 1.60. The van der Waals surface area contributed by atoms with E-state index in [1.807, 2.05) is 6.07 Å². The van der Waals surface area contributed by atoms with Crippen molar-refractivity contribution in [2.45, 2.75) is 19.5 Å². The number of anilines is 2. The molecule has 4 rings (SSSR count). The van der Waals surface area contributed by atoms with Crippen LogP contribution in [-0.2, 0) is 15.7 Å². The Kier molecular flexibility index (Phi) is 8.79. The average molecular weight is 543 g/mol. The molecule has 1 aromatic carbocycles. The van der Waals surface area contributed by atoms with E-state index in [4.69, 9.17) is 9.47 Å². The maximum absolute atomic E-state index is 14.9. The van der Waals surface area contributed by atoms with E-state index in [1.54, 1.807) is 20.2 Å². The van der Waals surface area contributed by atoms with Gasteiger partial charge in [-0.15, -0.1) is 0 Å². The minimum Gasteiger partial charge on any atom is -0.384 e. The van der Waals surface area contributed by atoms with E-state index in [0.29, 0.717) is 67.8 Å². The maximum Gasteiger partial charge on any atom is 0.433 e. The number of nitrogens with one attached hydrogen (secondary N) is 1. The Hall–Kier alpha value is -4.01. The second kappa shape index (κ2) is 12.2. The highest BCUT2D eigenvalue weighted by molar-refractivity contribution is 6.04. The van der Waals surface area contributed by atoms with Crippen molar-refractivity contribution in [1.29, 1.82) is 0 Å². The Balaban J connectivity index is 1.68. The van der Waals surface area contributed by atoms with Crippen LogP contribution >= 0.6 is 0 Å². The zero-order valence-corrected chi connectivity index (χ0v) is 21.4. The number of carbonyl (C=O) groups is 1. The molecule has 1 saturated heterocycles. The predicted molar refractivity (Wildman–Crippen MR) is 138 cm³/mol. The van der Waals surface area contributed by atoms with E-state index in [1.165, 1.54) is 12.1 Å². The zero-order valence-electron chi connectivity index (χ0n) is 21.4. The first-order valence-corrected chi connectivity index (χ1v) is 12.1.